The maximum Gasteiger partial charge on any atom is 0.256 e. The highest BCUT2D eigenvalue weighted by Crippen LogP contribution is 2.22. The molecule has 2 rings (SSSR count). The van der Waals surface area contributed by atoms with Crippen LogP contribution in [0, 0.1) is 0 Å². The van der Waals surface area contributed by atoms with Gasteiger partial charge >= 0.3 is 0 Å². The molecular weight excluding hydrogens is 278 g/mol. The van der Waals surface area contributed by atoms with Crippen molar-refractivity contribution in [3.05, 3.63) is 36.0 Å². The molecule has 0 saturated heterocycles. The van der Waals surface area contributed by atoms with Gasteiger partial charge in [0.2, 0.25) is 0 Å². The molecule has 0 bridgehead atoms. The number of nitrogens with one attached hydrogen (secondary N) is 1. The number of sulfone groups is 1. The first-order chi connectivity index (χ1) is 9.40. The van der Waals surface area contributed by atoms with E-state index in [9.17, 15) is 8.42 Å². The van der Waals surface area contributed by atoms with Crippen LogP contribution in [0.25, 0.3) is 0 Å². The molecule has 0 atom stereocenters. The van der Waals surface area contributed by atoms with E-state index in [4.69, 9.17) is 4.74 Å². The van der Waals surface area contributed by atoms with Crippen LogP contribution < -0.4 is 10.1 Å². The Morgan fingerprint density at radius 1 is 1.40 bits per heavy atom. The molecule has 1 aromatic heterocycles. The van der Waals surface area contributed by atoms with Gasteiger partial charge in [-0.1, -0.05) is 12.1 Å². The Balaban J connectivity index is 2.15. The highest BCUT2D eigenvalue weighted by Gasteiger charge is 2.09. The first-order valence-electron chi connectivity index (χ1n) is 6.00. The third kappa shape index (κ3) is 3.30. The number of hydrogen-bond acceptors (Lipinski definition) is 5. The van der Waals surface area contributed by atoms with Gasteiger partial charge in [-0.3, -0.25) is 4.68 Å². The van der Waals surface area contributed by atoms with Gasteiger partial charge in [0.15, 0.2) is 9.84 Å². The second kappa shape index (κ2) is 5.54. The molecule has 1 N–H and O–H groups in total. The Kier molecular flexibility index (Phi) is 3.99. The number of ether oxygens (including phenoxy) is 1. The lowest BCUT2D eigenvalue weighted by atomic mass is 10.2. The van der Waals surface area contributed by atoms with Crippen LogP contribution in [0.3, 0.4) is 0 Å². The minimum atomic E-state index is -3.19. The molecule has 0 saturated carbocycles. The Bertz CT molecular complexity index is 707. The zero-order valence-electron chi connectivity index (χ0n) is 11.6. The van der Waals surface area contributed by atoms with Crippen molar-refractivity contribution >= 4 is 15.5 Å². The molecule has 20 heavy (non-hydrogen) atoms. The van der Waals surface area contributed by atoms with Gasteiger partial charge in [-0.05, 0) is 17.7 Å². The van der Waals surface area contributed by atoms with Crippen LogP contribution in [0.4, 0.5) is 5.69 Å². The average Bonchev–Trinajstić information content (AvgIpc) is 2.76. The van der Waals surface area contributed by atoms with Crippen LogP contribution in [-0.2, 0) is 23.4 Å². The molecule has 1 heterocycles. The van der Waals surface area contributed by atoms with Crippen molar-refractivity contribution in [2.24, 2.45) is 7.05 Å². The summed E-state index contributed by atoms with van der Waals surface area (Å²) in [5.74, 6) is 0.506. The van der Waals surface area contributed by atoms with E-state index in [1.807, 2.05) is 6.07 Å². The summed E-state index contributed by atoms with van der Waals surface area (Å²) in [6.45, 7) is 0.491. The molecular formula is C13H17N3O3S. The van der Waals surface area contributed by atoms with Crippen LogP contribution in [0.5, 0.6) is 5.88 Å². The first kappa shape index (κ1) is 14.4. The monoisotopic (exact) mass is 295 g/mol. The number of benzene rings is 1. The first-order valence-corrected chi connectivity index (χ1v) is 7.90. The maximum atomic E-state index is 11.5. The second-order valence-electron chi connectivity index (χ2n) is 4.50. The zero-order valence-corrected chi connectivity index (χ0v) is 12.4. The highest BCUT2D eigenvalue weighted by atomic mass is 32.2. The van der Waals surface area contributed by atoms with E-state index < -0.39 is 9.84 Å². The van der Waals surface area contributed by atoms with Gasteiger partial charge in [-0.25, -0.2) is 8.42 Å². The summed E-state index contributed by atoms with van der Waals surface area (Å²) in [6, 6.07) is 6.84. The van der Waals surface area contributed by atoms with E-state index in [1.165, 1.54) is 6.26 Å². The molecule has 0 aliphatic rings. The van der Waals surface area contributed by atoms with E-state index in [-0.39, 0.29) is 0 Å². The third-order valence-electron chi connectivity index (χ3n) is 2.80. The van der Waals surface area contributed by atoms with E-state index in [0.29, 0.717) is 17.3 Å². The summed E-state index contributed by atoms with van der Waals surface area (Å²) in [6.07, 6.45) is 3.00. The summed E-state index contributed by atoms with van der Waals surface area (Å²) in [5.41, 5.74) is 1.64. The predicted molar refractivity (Wildman–Crippen MR) is 76.6 cm³/mol. The molecule has 0 aliphatic heterocycles. The molecule has 1 aromatic carbocycles. The Hall–Kier alpha value is -2.02. The fourth-order valence-corrected chi connectivity index (χ4v) is 2.51. The number of nitrogens with zero attached hydrogens (tertiary/aromatic N) is 2. The molecule has 108 valence electrons. The van der Waals surface area contributed by atoms with E-state index in [1.54, 1.807) is 43.2 Å². The summed E-state index contributed by atoms with van der Waals surface area (Å²) in [7, 11) is 0.171. The van der Waals surface area contributed by atoms with Gasteiger partial charge in [-0.2, -0.15) is 0 Å². The number of aromatic nitrogens is 2. The average molecular weight is 295 g/mol. The van der Waals surface area contributed by atoms with Crippen molar-refractivity contribution in [1.29, 1.82) is 0 Å². The van der Waals surface area contributed by atoms with Gasteiger partial charge in [0.25, 0.3) is 5.88 Å². The third-order valence-corrected chi connectivity index (χ3v) is 3.91. The topological polar surface area (TPSA) is 73.2 Å². The number of aryl methyl sites for hydroxylation is 1. The largest absolute Gasteiger partial charge is 0.478 e. The smallest absolute Gasteiger partial charge is 0.256 e. The Morgan fingerprint density at radius 2 is 2.15 bits per heavy atom. The normalized spacial score (nSPS) is 11.3. The minimum Gasteiger partial charge on any atom is -0.478 e. The molecule has 0 aliphatic carbocycles. The number of hydrogen-bond donors (Lipinski definition) is 1. The van der Waals surface area contributed by atoms with Crippen molar-refractivity contribution < 1.29 is 13.2 Å². The van der Waals surface area contributed by atoms with Crippen molar-refractivity contribution in [3.8, 4) is 5.88 Å². The molecule has 0 radical (unpaired) electrons. The molecule has 0 spiro atoms. The van der Waals surface area contributed by atoms with Crippen LogP contribution in [0.15, 0.2) is 35.4 Å². The SMILES string of the molecule is COc1nn(C)cc1NCc1cccc(S(C)(=O)=O)c1. The maximum absolute atomic E-state index is 11.5. The Morgan fingerprint density at radius 3 is 2.80 bits per heavy atom. The van der Waals surface area contributed by atoms with Crippen molar-refractivity contribution in [2.75, 3.05) is 18.7 Å². The summed E-state index contributed by atoms with van der Waals surface area (Å²) in [5, 5.41) is 7.31. The van der Waals surface area contributed by atoms with Gasteiger partial charge in [0, 0.05) is 19.8 Å². The molecule has 0 amide bonds. The molecule has 2 aromatic rings. The van der Waals surface area contributed by atoms with E-state index in [2.05, 4.69) is 10.4 Å². The molecule has 6 nitrogen and oxygen atoms in total. The summed E-state index contributed by atoms with van der Waals surface area (Å²) < 4.78 is 29.8. The summed E-state index contributed by atoms with van der Waals surface area (Å²) in [4.78, 5) is 0.315. The number of anilines is 1. The van der Waals surface area contributed by atoms with Crippen LogP contribution >= 0.6 is 0 Å². The van der Waals surface area contributed by atoms with Gasteiger partial charge in [-0.15, -0.1) is 5.10 Å². The van der Waals surface area contributed by atoms with Crippen LogP contribution in [0.1, 0.15) is 5.56 Å². The number of methoxy groups -OCH3 is 1. The van der Waals surface area contributed by atoms with Crippen LogP contribution in [-0.4, -0.2) is 31.6 Å². The highest BCUT2D eigenvalue weighted by molar-refractivity contribution is 7.90. The lowest BCUT2D eigenvalue weighted by molar-refractivity contribution is 0.393. The minimum absolute atomic E-state index is 0.315. The second-order valence-corrected chi connectivity index (χ2v) is 6.51. The predicted octanol–water partition coefficient (Wildman–Crippen LogP) is 1.44. The van der Waals surface area contributed by atoms with Crippen molar-refractivity contribution in [2.45, 2.75) is 11.4 Å². The van der Waals surface area contributed by atoms with E-state index in [0.717, 1.165) is 11.3 Å². The summed E-state index contributed by atoms with van der Waals surface area (Å²) >= 11 is 0. The molecule has 7 heteroatoms. The lowest BCUT2D eigenvalue weighted by Crippen LogP contribution is -2.02. The fourth-order valence-electron chi connectivity index (χ4n) is 1.82. The van der Waals surface area contributed by atoms with Crippen LogP contribution in [0.2, 0.25) is 0 Å². The van der Waals surface area contributed by atoms with Gasteiger partial charge in [0.05, 0.1) is 18.2 Å². The fraction of sp³-hybridized carbons (Fsp3) is 0.308. The Labute approximate surface area is 118 Å². The van der Waals surface area contributed by atoms with E-state index >= 15 is 0 Å². The van der Waals surface area contributed by atoms with Crippen molar-refractivity contribution in [3.63, 3.8) is 0 Å². The lowest BCUT2D eigenvalue weighted by Gasteiger charge is -2.07. The van der Waals surface area contributed by atoms with Crippen molar-refractivity contribution in [1.82, 2.24) is 9.78 Å². The molecule has 0 unspecified atom stereocenters. The zero-order chi connectivity index (χ0) is 14.8. The quantitative estimate of drug-likeness (QED) is 0.903. The van der Waals surface area contributed by atoms with Gasteiger partial charge < -0.3 is 10.1 Å². The van der Waals surface area contributed by atoms with Gasteiger partial charge in [0.1, 0.15) is 5.69 Å². The molecule has 0 fully saturated rings. The number of rotatable bonds is 5. The standard InChI is InChI=1S/C13H17N3O3S/c1-16-9-12(13(15-16)19-2)14-8-10-5-4-6-11(7-10)20(3,17)18/h4-7,9,14H,8H2,1-3H3.